The smallest absolute Gasteiger partial charge is 0.273 e. The molecule has 2 aromatic carbocycles. The van der Waals surface area contributed by atoms with Gasteiger partial charge in [-0.15, -0.1) is 11.3 Å². The van der Waals surface area contributed by atoms with Gasteiger partial charge in [0, 0.05) is 27.2 Å². The van der Waals surface area contributed by atoms with Crippen molar-refractivity contribution in [2.24, 2.45) is 0 Å². The lowest BCUT2D eigenvalue weighted by Crippen LogP contribution is -2.41. The average molecular weight is 437 g/mol. The Morgan fingerprint density at radius 3 is 2.77 bits per heavy atom. The number of nitrogens with one attached hydrogen (secondary N) is 2. The zero-order valence-electron chi connectivity index (χ0n) is 15.6. The lowest BCUT2D eigenvalue weighted by molar-refractivity contribution is 0.0450. The van der Waals surface area contributed by atoms with Crippen LogP contribution in [-0.4, -0.2) is 21.9 Å². The number of thiophene rings is 1. The third-order valence-corrected chi connectivity index (χ3v) is 6.10. The van der Waals surface area contributed by atoms with Crippen molar-refractivity contribution in [1.29, 1.82) is 0 Å². The number of hydrogen-bond donors (Lipinski definition) is 3. The number of halogens is 2. The molecule has 1 aliphatic heterocycles. The Labute approximate surface area is 178 Å². The number of nitrogens with zero attached hydrogens (tertiary/aromatic N) is 1. The van der Waals surface area contributed by atoms with Gasteiger partial charge in [0.1, 0.15) is 5.69 Å². The summed E-state index contributed by atoms with van der Waals surface area (Å²) in [5.74, 6) is -3.76. The molecule has 0 radical (unpaired) electrons. The Kier molecular flexibility index (Phi) is 4.31. The number of hydrogen-bond acceptors (Lipinski definition) is 5. The SMILES string of the molecule is O=C1NC(O)(c2cccc(F)c2F)c2c(NC(=O)c3csc4ccccc34)ccnc21. The van der Waals surface area contributed by atoms with E-state index in [1.54, 1.807) is 11.4 Å². The molecule has 1 unspecified atom stereocenters. The van der Waals surface area contributed by atoms with Crippen LogP contribution in [0.1, 0.15) is 32.0 Å². The molecule has 0 fully saturated rings. The van der Waals surface area contributed by atoms with Gasteiger partial charge in [0.25, 0.3) is 11.8 Å². The summed E-state index contributed by atoms with van der Waals surface area (Å²) in [4.78, 5) is 29.4. The van der Waals surface area contributed by atoms with Crippen LogP contribution < -0.4 is 10.6 Å². The molecule has 6 nitrogen and oxygen atoms in total. The van der Waals surface area contributed by atoms with Gasteiger partial charge in [-0.05, 0) is 18.2 Å². The molecule has 9 heteroatoms. The predicted octanol–water partition coefficient (Wildman–Crippen LogP) is 3.76. The molecular weight excluding hydrogens is 424 g/mol. The number of benzene rings is 2. The highest BCUT2D eigenvalue weighted by Gasteiger charge is 2.48. The Morgan fingerprint density at radius 1 is 1.13 bits per heavy atom. The number of amides is 2. The molecule has 4 aromatic rings. The van der Waals surface area contributed by atoms with E-state index in [0.29, 0.717) is 5.56 Å². The van der Waals surface area contributed by atoms with Gasteiger partial charge in [-0.1, -0.05) is 30.3 Å². The fourth-order valence-corrected chi connectivity index (χ4v) is 4.66. The molecule has 0 saturated heterocycles. The lowest BCUT2D eigenvalue weighted by Gasteiger charge is -2.26. The second-order valence-corrected chi connectivity index (χ2v) is 7.86. The topological polar surface area (TPSA) is 91.3 Å². The summed E-state index contributed by atoms with van der Waals surface area (Å²) in [6.07, 6.45) is 1.29. The fourth-order valence-electron chi connectivity index (χ4n) is 3.72. The van der Waals surface area contributed by atoms with Crippen molar-refractivity contribution in [1.82, 2.24) is 10.3 Å². The van der Waals surface area contributed by atoms with Gasteiger partial charge in [-0.2, -0.15) is 0 Å². The molecule has 1 atom stereocenters. The van der Waals surface area contributed by atoms with Crippen LogP contribution in [0.4, 0.5) is 14.5 Å². The number of pyridine rings is 1. The first-order valence-corrected chi connectivity index (χ1v) is 10.0. The molecular formula is C22H13F2N3O3S. The monoisotopic (exact) mass is 437 g/mol. The second kappa shape index (κ2) is 6.93. The Bertz CT molecular complexity index is 1390. The predicted molar refractivity (Wildman–Crippen MR) is 111 cm³/mol. The minimum absolute atomic E-state index is 0.0507. The Hall–Kier alpha value is -3.69. The van der Waals surface area contributed by atoms with E-state index in [0.717, 1.165) is 22.2 Å². The summed E-state index contributed by atoms with van der Waals surface area (Å²) in [6.45, 7) is 0. The van der Waals surface area contributed by atoms with Crippen LogP contribution in [-0.2, 0) is 5.72 Å². The average Bonchev–Trinajstić information content (AvgIpc) is 3.30. The van der Waals surface area contributed by atoms with Crippen molar-refractivity contribution in [3.05, 3.63) is 94.1 Å². The number of anilines is 1. The minimum atomic E-state index is -2.41. The Morgan fingerprint density at radius 2 is 1.94 bits per heavy atom. The van der Waals surface area contributed by atoms with E-state index in [9.17, 15) is 23.5 Å². The molecule has 0 spiro atoms. The highest BCUT2D eigenvalue weighted by molar-refractivity contribution is 7.17. The summed E-state index contributed by atoms with van der Waals surface area (Å²) in [6, 6.07) is 12.0. The highest BCUT2D eigenvalue weighted by Crippen LogP contribution is 2.40. The molecule has 31 heavy (non-hydrogen) atoms. The summed E-state index contributed by atoms with van der Waals surface area (Å²) in [5, 5.41) is 18.6. The number of aromatic nitrogens is 1. The second-order valence-electron chi connectivity index (χ2n) is 6.95. The molecule has 1 aliphatic rings. The molecule has 0 bridgehead atoms. The van der Waals surface area contributed by atoms with Crippen LogP contribution >= 0.6 is 11.3 Å². The summed E-state index contributed by atoms with van der Waals surface area (Å²) < 4.78 is 29.3. The van der Waals surface area contributed by atoms with Crippen molar-refractivity contribution < 1.29 is 23.5 Å². The van der Waals surface area contributed by atoms with E-state index in [1.807, 2.05) is 18.2 Å². The molecule has 2 aromatic heterocycles. The maximum Gasteiger partial charge on any atom is 0.273 e. The lowest BCUT2D eigenvalue weighted by atomic mass is 9.94. The van der Waals surface area contributed by atoms with E-state index in [2.05, 4.69) is 15.6 Å². The maximum atomic E-state index is 14.5. The van der Waals surface area contributed by atoms with Crippen LogP contribution in [0.2, 0.25) is 0 Å². The first kappa shape index (κ1) is 19.3. The van der Waals surface area contributed by atoms with Crippen LogP contribution in [0.25, 0.3) is 10.1 Å². The maximum absolute atomic E-state index is 14.5. The molecule has 3 N–H and O–H groups in total. The van der Waals surface area contributed by atoms with Gasteiger partial charge in [0.15, 0.2) is 17.4 Å². The van der Waals surface area contributed by atoms with Crippen molar-refractivity contribution in [2.75, 3.05) is 5.32 Å². The van der Waals surface area contributed by atoms with Crippen molar-refractivity contribution >= 4 is 38.9 Å². The van der Waals surface area contributed by atoms with Gasteiger partial charge in [0.05, 0.1) is 16.8 Å². The van der Waals surface area contributed by atoms with Gasteiger partial charge in [-0.25, -0.2) is 8.78 Å². The van der Waals surface area contributed by atoms with Crippen LogP contribution in [0.3, 0.4) is 0 Å². The molecule has 3 heterocycles. The van der Waals surface area contributed by atoms with Gasteiger partial charge in [-0.3, -0.25) is 14.6 Å². The van der Waals surface area contributed by atoms with Crippen LogP contribution in [0.5, 0.6) is 0 Å². The van der Waals surface area contributed by atoms with Crippen LogP contribution in [0.15, 0.2) is 60.1 Å². The van der Waals surface area contributed by atoms with Gasteiger partial charge < -0.3 is 15.7 Å². The summed E-state index contributed by atoms with van der Waals surface area (Å²) >= 11 is 1.40. The van der Waals surface area contributed by atoms with Crippen LogP contribution in [0, 0.1) is 11.6 Å². The minimum Gasteiger partial charge on any atom is -0.363 e. The van der Waals surface area contributed by atoms with Crippen molar-refractivity contribution in [2.45, 2.75) is 5.72 Å². The molecule has 154 valence electrons. The Balaban J connectivity index is 1.62. The van der Waals surface area contributed by atoms with Crippen molar-refractivity contribution in [3.63, 3.8) is 0 Å². The number of carbonyl (C=O) groups excluding carboxylic acids is 2. The fraction of sp³-hybridized carbons (Fsp3) is 0.0455. The highest BCUT2D eigenvalue weighted by atomic mass is 32.1. The number of carbonyl (C=O) groups is 2. The summed E-state index contributed by atoms with van der Waals surface area (Å²) in [7, 11) is 0. The largest absolute Gasteiger partial charge is 0.363 e. The van der Waals surface area contributed by atoms with E-state index in [4.69, 9.17) is 0 Å². The van der Waals surface area contributed by atoms with E-state index in [-0.39, 0.29) is 16.9 Å². The van der Waals surface area contributed by atoms with Crippen molar-refractivity contribution in [3.8, 4) is 0 Å². The van der Waals surface area contributed by atoms with E-state index in [1.165, 1.54) is 29.7 Å². The third kappa shape index (κ3) is 2.89. The number of fused-ring (bicyclic) bond motifs is 2. The zero-order valence-corrected chi connectivity index (χ0v) is 16.5. The quantitative estimate of drug-likeness (QED) is 0.455. The van der Waals surface area contributed by atoms with E-state index < -0.39 is 34.7 Å². The molecule has 2 amide bonds. The number of rotatable bonds is 3. The number of aliphatic hydroxyl groups is 1. The van der Waals surface area contributed by atoms with Gasteiger partial charge in [0.2, 0.25) is 0 Å². The zero-order chi connectivity index (χ0) is 21.8. The first-order valence-electron chi connectivity index (χ1n) is 9.16. The van der Waals surface area contributed by atoms with Gasteiger partial charge >= 0.3 is 0 Å². The first-order chi connectivity index (χ1) is 14.9. The normalized spacial score (nSPS) is 17.5. The molecule has 5 rings (SSSR count). The summed E-state index contributed by atoms with van der Waals surface area (Å²) in [5.41, 5.74) is -2.80. The van der Waals surface area contributed by atoms with E-state index >= 15 is 0 Å². The molecule has 0 aliphatic carbocycles. The molecule has 0 saturated carbocycles. The standard InChI is InChI=1S/C22H13F2N3O3S/c23-14-6-3-5-13(18(14)24)22(30)17-15(8-9-25-19(17)21(29)27-22)26-20(28)12-10-31-16-7-2-1-4-11(12)16/h1-10,30H,(H,27,29)(H,25,26,28). The third-order valence-electron chi connectivity index (χ3n) is 5.14.